The third-order valence-corrected chi connectivity index (χ3v) is 6.13. The molecule has 1 heterocycles. The Balaban J connectivity index is 1.60. The van der Waals surface area contributed by atoms with E-state index in [-0.39, 0.29) is 11.9 Å². The zero-order valence-corrected chi connectivity index (χ0v) is 18.9. The lowest BCUT2D eigenvalue weighted by atomic mass is 10.0. The van der Waals surface area contributed by atoms with Gasteiger partial charge in [0.1, 0.15) is 0 Å². The average molecular weight is 451 g/mol. The van der Waals surface area contributed by atoms with Crippen LogP contribution in [-0.2, 0) is 4.79 Å². The molecule has 1 amide bonds. The second-order valence-corrected chi connectivity index (χ2v) is 8.59. The van der Waals surface area contributed by atoms with Crippen molar-refractivity contribution in [2.75, 3.05) is 24.5 Å². The van der Waals surface area contributed by atoms with Crippen molar-refractivity contribution in [3.05, 3.63) is 106 Å². The van der Waals surface area contributed by atoms with Gasteiger partial charge in [0, 0.05) is 30.7 Å². The third kappa shape index (κ3) is 5.12. The maximum Gasteiger partial charge on any atom is 0.246 e. The number of hydrogen-bond acceptors (Lipinski definition) is 2. The molecule has 1 aliphatic heterocycles. The lowest BCUT2D eigenvalue weighted by molar-refractivity contribution is -0.126. The van der Waals surface area contributed by atoms with Crippen molar-refractivity contribution in [2.45, 2.75) is 13.0 Å². The van der Waals surface area contributed by atoms with Crippen LogP contribution in [0.2, 0.25) is 10.0 Å². The summed E-state index contributed by atoms with van der Waals surface area (Å²) >= 11 is 12.7. The lowest BCUT2D eigenvalue weighted by Crippen LogP contribution is -2.50. The summed E-state index contributed by atoms with van der Waals surface area (Å²) < 4.78 is 0. The second kappa shape index (κ2) is 9.59. The number of anilines is 1. The molecule has 4 rings (SSSR count). The zero-order valence-electron chi connectivity index (χ0n) is 17.3. The summed E-state index contributed by atoms with van der Waals surface area (Å²) in [6, 6.07) is 23.8. The maximum atomic E-state index is 12.9. The van der Waals surface area contributed by atoms with Crippen LogP contribution in [0.3, 0.4) is 0 Å². The fourth-order valence-electron chi connectivity index (χ4n) is 3.92. The summed E-state index contributed by atoms with van der Waals surface area (Å²) in [6.45, 7) is 3.93. The van der Waals surface area contributed by atoms with Crippen molar-refractivity contribution in [3.8, 4) is 0 Å². The monoisotopic (exact) mass is 450 g/mol. The SMILES string of the molecule is Cc1ccc(N2CCN(C(=O)/C=C/c3ccccc3)CC2c2ccc(Cl)cc2)c(Cl)c1. The van der Waals surface area contributed by atoms with Gasteiger partial charge in [0.15, 0.2) is 0 Å². The van der Waals surface area contributed by atoms with Gasteiger partial charge in [0.2, 0.25) is 5.91 Å². The predicted molar refractivity (Wildman–Crippen MR) is 130 cm³/mol. The average Bonchev–Trinajstić information content (AvgIpc) is 2.78. The van der Waals surface area contributed by atoms with E-state index in [0.717, 1.165) is 27.4 Å². The van der Waals surface area contributed by atoms with E-state index in [1.165, 1.54) is 0 Å². The van der Waals surface area contributed by atoms with Gasteiger partial charge in [-0.1, -0.05) is 71.7 Å². The van der Waals surface area contributed by atoms with Crippen LogP contribution in [0.15, 0.2) is 78.9 Å². The number of aryl methyl sites for hydroxylation is 1. The van der Waals surface area contributed by atoms with Gasteiger partial charge in [-0.05, 0) is 54.0 Å². The number of hydrogen-bond donors (Lipinski definition) is 0. The highest BCUT2D eigenvalue weighted by molar-refractivity contribution is 6.33. The number of carbonyl (C=O) groups is 1. The number of amides is 1. The first-order chi connectivity index (χ1) is 15.0. The van der Waals surface area contributed by atoms with E-state index >= 15 is 0 Å². The minimum atomic E-state index is -0.0136. The molecule has 3 nitrogen and oxygen atoms in total. The van der Waals surface area contributed by atoms with Gasteiger partial charge in [0.25, 0.3) is 0 Å². The van der Waals surface area contributed by atoms with Crippen molar-refractivity contribution in [1.82, 2.24) is 4.90 Å². The highest BCUT2D eigenvalue weighted by Gasteiger charge is 2.31. The lowest BCUT2D eigenvalue weighted by Gasteiger charge is -2.43. The van der Waals surface area contributed by atoms with E-state index in [0.29, 0.717) is 24.7 Å². The standard InChI is InChI=1S/C26H24Cl2N2O/c1-19-7-13-24(23(28)17-19)30-16-15-29(18-25(30)21-9-11-22(27)12-10-21)26(31)14-8-20-5-3-2-4-6-20/h2-14,17,25H,15-16,18H2,1H3/b14-8+. The van der Waals surface area contributed by atoms with Crippen molar-refractivity contribution in [3.63, 3.8) is 0 Å². The minimum absolute atomic E-state index is 0.0115. The van der Waals surface area contributed by atoms with Gasteiger partial charge in [-0.3, -0.25) is 4.79 Å². The molecule has 1 fully saturated rings. The quantitative estimate of drug-likeness (QED) is 0.429. The molecule has 0 radical (unpaired) electrons. The third-order valence-electron chi connectivity index (χ3n) is 5.58. The number of carbonyl (C=O) groups excluding carboxylic acids is 1. The molecule has 1 aliphatic rings. The Kier molecular flexibility index (Phi) is 6.64. The molecule has 0 spiro atoms. The van der Waals surface area contributed by atoms with E-state index < -0.39 is 0 Å². The maximum absolute atomic E-state index is 12.9. The van der Waals surface area contributed by atoms with E-state index in [1.807, 2.05) is 78.6 Å². The van der Waals surface area contributed by atoms with Gasteiger partial charge >= 0.3 is 0 Å². The molecule has 3 aromatic carbocycles. The first-order valence-electron chi connectivity index (χ1n) is 10.3. The molecule has 1 atom stereocenters. The molecule has 5 heteroatoms. The van der Waals surface area contributed by atoms with Gasteiger partial charge in [0.05, 0.1) is 16.8 Å². The van der Waals surface area contributed by atoms with E-state index in [9.17, 15) is 4.79 Å². The Bertz CT molecular complexity index is 1080. The molecule has 0 saturated carbocycles. The Morgan fingerprint density at radius 3 is 2.42 bits per heavy atom. The number of rotatable bonds is 4. The van der Waals surface area contributed by atoms with Crippen LogP contribution in [0.4, 0.5) is 5.69 Å². The van der Waals surface area contributed by atoms with Gasteiger partial charge in [-0.25, -0.2) is 0 Å². The summed E-state index contributed by atoms with van der Waals surface area (Å²) in [5, 5.41) is 1.42. The van der Waals surface area contributed by atoms with Crippen LogP contribution in [0, 0.1) is 6.92 Å². The molecule has 31 heavy (non-hydrogen) atoms. The van der Waals surface area contributed by atoms with Crippen molar-refractivity contribution in [1.29, 1.82) is 0 Å². The number of piperazine rings is 1. The Labute approximate surface area is 193 Å². The highest BCUT2D eigenvalue weighted by atomic mass is 35.5. The molecule has 0 aliphatic carbocycles. The summed E-state index contributed by atoms with van der Waals surface area (Å²) in [7, 11) is 0. The molecule has 1 saturated heterocycles. The van der Waals surface area contributed by atoms with Crippen molar-refractivity contribution in [2.24, 2.45) is 0 Å². The highest BCUT2D eigenvalue weighted by Crippen LogP contribution is 2.36. The first kappa shape index (κ1) is 21.5. The number of halogens is 2. The van der Waals surface area contributed by atoms with Crippen molar-refractivity contribution < 1.29 is 4.79 Å². The second-order valence-electron chi connectivity index (χ2n) is 7.74. The van der Waals surface area contributed by atoms with Crippen LogP contribution in [0.1, 0.15) is 22.7 Å². The van der Waals surface area contributed by atoms with Crippen LogP contribution in [0.5, 0.6) is 0 Å². The fourth-order valence-corrected chi connectivity index (χ4v) is 4.39. The van der Waals surface area contributed by atoms with E-state index in [4.69, 9.17) is 23.2 Å². The normalized spacial score (nSPS) is 16.7. The van der Waals surface area contributed by atoms with Gasteiger partial charge < -0.3 is 9.80 Å². The minimum Gasteiger partial charge on any atom is -0.360 e. The number of benzene rings is 3. The topological polar surface area (TPSA) is 23.6 Å². The largest absolute Gasteiger partial charge is 0.360 e. The Morgan fingerprint density at radius 1 is 0.968 bits per heavy atom. The van der Waals surface area contributed by atoms with Gasteiger partial charge in [-0.15, -0.1) is 0 Å². The van der Waals surface area contributed by atoms with Crippen LogP contribution >= 0.6 is 23.2 Å². The smallest absolute Gasteiger partial charge is 0.246 e. The summed E-state index contributed by atoms with van der Waals surface area (Å²) in [4.78, 5) is 17.1. The summed E-state index contributed by atoms with van der Waals surface area (Å²) in [6.07, 6.45) is 3.52. The van der Waals surface area contributed by atoms with Crippen LogP contribution in [0.25, 0.3) is 6.08 Å². The molecular weight excluding hydrogens is 427 g/mol. The Morgan fingerprint density at radius 2 is 1.71 bits per heavy atom. The van der Waals surface area contributed by atoms with Crippen LogP contribution in [-0.4, -0.2) is 30.4 Å². The predicted octanol–water partition coefficient (Wildman–Crippen LogP) is 6.41. The van der Waals surface area contributed by atoms with Gasteiger partial charge in [-0.2, -0.15) is 0 Å². The van der Waals surface area contributed by atoms with E-state index in [2.05, 4.69) is 17.0 Å². The van der Waals surface area contributed by atoms with Crippen LogP contribution < -0.4 is 4.90 Å². The molecule has 0 N–H and O–H groups in total. The molecule has 158 valence electrons. The Hall–Kier alpha value is -2.75. The molecule has 3 aromatic rings. The number of nitrogens with zero attached hydrogens (tertiary/aromatic N) is 2. The van der Waals surface area contributed by atoms with E-state index in [1.54, 1.807) is 6.08 Å². The molecule has 0 bridgehead atoms. The fraction of sp³-hybridized carbons (Fsp3) is 0.192. The van der Waals surface area contributed by atoms with Crippen molar-refractivity contribution >= 4 is 40.9 Å². The summed E-state index contributed by atoms with van der Waals surface area (Å²) in [5.74, 6) is 0.0115. The molecular formula is C26H24Cl2N2O. The first-order valence-corrected chi connectivity index (χ1v) is 11.1. The molecule has 1 unspecified atom stereocenters. The molecule has 0 aromatic heterocycles. The summed E-state index contributed by atoms with van der Waals surface area (Å²) in [5.41, 5.74) is 4.22. The zero-order chi connectivity index (χ0) is 21.8.